The van der Waals surface area contributed by atoms with Crippen LogP contribution in [0.2, 0.25) is 0 Å². The second kappa shape index (κ2) is 6.26. The van der Waals surface area contributed by atoms with E-state index in [9.17, 15) is 0 Å². The number of benzene rings is 2. The van der Waals surface area contributed by atoms with Crippen molar-refractivity contribution in [2.24, 2.45) is 0 Å². The van der Waals surface area contributed by atoms with Crippen molar-refractivity contribution in [1.29, 1.82) is 0 Å². The van der Waals surface area contributed by atoms with Crippen LogP contribution in [0.3, 0.4) is 0 Å². The SMILES string of the molecule is c1ccc(-c2cnc(CSc3ccc4ccccc4n3)o2)cc1. The number of para-hydroxylation sites is 1. The second-order valence-electron chi connectivity index (χ2n) is 5.12. The summed E-state index contributed by atoms with van der Waals surface area (Å²) in [5.74, 6) is 2.18. The third kappa shape index (κ3) is 3.12. The van der Waals surface area contributed by atoms with E-state index in [0.29, 0.717) is 11.6 Å². The fourth-order valence-corrected chi connectivity index (χ4v) is 3.11. The molecule has 0 saturated heterocycles. The molecule has 0 unspecified atom stereocenters. The molecule has 0 N–H and O–H groups in total. The van der Waals surface area contributed by atoms with E-state index in [2.05, 4.69) is 22.1 Å². The molecular weight excluding hydrogens is 304 g/mol. The van der Waals surface area contributed by atoms with Crippen molar-refractivity contribution in [2.75, 3.05) is 0 Å². The topological polar surface area (TPSA) is 38.9 Å². The van der Waals surface area contributed by atoms with Gasteiger partial charge in [-0.2, -0.15) is 0 Å². The maximum atomic E-state index is 5.82. The van der Waals surface area contributed by atoms with Gasteiger partial charge in [-0.25, -0.2) is 9.97 Å². The van der Waals surface area contributed by atoms with Crippen LogP contribution in [0.4, 0.5) is 0 Å². The van der Waals surface area contributed by atoms with Crippen molar-refractivity contribution in [2.45, 2.75) is 10.8 Å². The first kappa shape index (κ1) is 14.0. The van der Waals surface area contributed by atoms with Crippen LogP contribution < -0.4 is 0 Å². The van der Waals surface area contributed by atoms with Crippen molar-refractivity contribution in [3.63, 3.8) is 0 Å². The first-order chi connectivity index (χ1) is 11.4. The highest BCUT2D eigenvalue weighted by atomic mass is 32.2. The zero-order valence-corrected chi connectivity index (χ0v) is 13.2. The molecule has 3 nitrogen and oxygen atoms in total. The lowest BCUT2D eigenvalue weighted by Crippen LogP contribution is -1.84. The lowest BCUT2D eigenvalue weighted by Gasteiger charge is -2.01. The molecule has 4 heteroatoms. The number of thioether (sulfide) groups is 1. The Bertz CT molecular complexity index is 934. The Morgan fingerprint density at radius 1 is 0.870 bits per heavy atom. The van der Waals surface area contributed by atoms with E-state index in [1.54, 1.807) is 18.0 Å². The Balaban J connectivity index is 1.49. The van der Waals surface area contributed by atoms with Gasteiger partial charge in [0, 0.05) is 10.9 Å². The molecule has 0 aliphatic heterocycles. The maximum absolute atomic E-state index is 5.82. The quantitative estimate of drug-likeness (QED) is 0.486. The van der Waals surface area contributed by atoms with Gasteiger partial charge >= 0.3 is 0 Å². The minimum absolute atomic E-state index is 0.665. The van der Waals surface area contributed by atoms with E-state index < -0.39 is 0 Å². The van der Waals surface area contributed by atoms with Gasteiger partial charge in [0.15, 0.2) is 5.76 Å². The van der Waals surface area contributed by atoms with Crippen molar-refractivity contribution < 1.29 is 4.42 Å². The van der Waals surface area contributed by atoms with Gasteiger partial charge in [0.1, 0.15) is 0 Å². The van der Waals surface area contributed by atoms with Crippen molar-refractivity contribution >= 4 is 22.7 Å². The Labute approximate surface area is 138 Å². The summed E-state index contributed by atoms with van der Waals surface area (Å²) in [6.45, 7) is 0. The average molecular weight is 318 g/mol. The van der Waals surface area contributed by atoms with Gasteiger partial charge in [0.2, 0.25) is 5.89 Å². The summed E-state index contributed by atoms with van der Waals surface area (Å²) in [4.78, 5) is 9.00. The van der Waals surface area contributed by atoms with Crippen LogP contribution in [0.5, 0.6) is 0 Å². The highest BCUT2D eigenvalue weighted by Gasteiger charge is 2.07. The zero-order valence-electron chi connectivity index (χ0n) is 12.3. The molecule has 0 amide bonds. The lowest BCUT2D eigenvalue weighted by atomic mass is 10.2. The smallest absolute Gasteiger partial charge is 0.205 e. The zero-order chi connectivity index (χ0) is 15.5. The van der Waals surface area contributed by atoms with Crippen LogP contribution in [-0.4, -0.2) is 9.97 Å². The predicted octanol–water partition coefficient (Wildman–Crippen LogP) is 5.18. The number of pyridine rings is 1. The highest BCUT2D eigenvalue weighted by Crippen LogP contribution is 2.26. The van der Waals surface area contributed by atoms with Gasteiger partial charge in [-0.15, -0.1) is 0 Å². The van der Waals surface area contributed by atoms with Gasteiger partial charge in [-0.05, 0) is 12.1 Å². The van der Waals surface area contributed by atoms with Crippen LogP contribution >= 0.6 is 11.8 Å². The Morgan fingerprint density at radius 3 is 2.61 bits per heavy atom. The largest absolute Gasteiger partial charge is 0.440 e. The van der Waals surface area contributed by atoms with Crippen LogP contribution in [-0.2, 0) is 5.75 Å². The first-order valence-corrected chi connectivity index (χ1v) is 8.36. The third-order valence-electron chi connectivity index (χ3n) is 3.53. The van der Waals surface area contributed by atoms with E-state index in [-0.39, 0.29) is 0 Å². The fraction of sp³-hybridized carbons (Fsp3) is 0.0526. The number of aromatic nitrogens is 2. The van der Waals surface area contributed by atoms with Crippen molar-refractivity contribution in [3.8, 4) is 11.3 Å². The van der Waals surface area contributed by atoms with Crippen LogP contribution in [0.25, 0.3) is 22.2 Å². The lowest BCUT2D eigenvalue weighted by molar-refractivity contribution is 0.530. The number of nitrogens with zero attached hydrogens (tertiary/aromatic N) is 2. The van der Waals surface area contributed by atoms with E-state index in [1.165, 1.54) is 0 Å². The molecule has 0 fully saturated rings. The predicted molar refractivity (Wildman–Crippen MR) is 93.2 cm³/mol. The number of oxazole rings is 1. The Hall–Kier alpha value is -2.59. The molecule has 0 bridgehead atoms. The van der Waals surface area contributed by atoms with Gasteiger partial charge in [-0.1, -0.05) is 66.4 Å². The average Bonchev–Trinajstić information content (AvgIpc) is 3.10. The number of fused-ring (bicyclic) bond motifs is 1. The molecule has 2 heterocycles. The summed E-state index contributed by atoms with van der Waals surface area (Å²) in [5, 5.41) is 2.13. The molecule has 0 aliphatic rings. The second-order valence-corrected chi connectivity index (χ2v) is 6.11. The van der Waals surface area contributed by atoms with Gasteiger partial charge in [0.25, 0.3) is 0 Å². The summed E-state index contributed by atoms with van der Waals surface area (Å²) >= 11 is 1.63. The molecule has 0 atom stereocenters. The van der Waals surface area contributed by atoms with Crippen molar-refractivity contribution in [1.82, 2.24) is 9.97 Å². The maximum Gasteiger partial charge on any atom is 0.205 e. The van der Waals surface area contributed by atoms with E-state index in [1.807, 2.05) is 54.6 Å². The Morgan fingerprint density at radius 2 is 1.70 bits per heavy atom. The van der Waals surface area contributed by atoms with Gasteiger partial charge in [-0.3, -0.25) is 0 Å². The number of hydrogen-bond acceptors (Lipinski definition) is 4. The summed E-state index contributed by atoms with van der Waals surface area (Å²) < 4.78 is 5.82. The normalized spacial score (nSPS) is 11.0. The molecule has 0 aliphatic carbocycles. The van der Waals surface area contributed by atoms with Gasteiger partial charge in [0.05, 0.1) is 22.5 Å². The van der Waals surface area contributed by atoms with Crippen LogP contribution in [0, 0.1) is 0 Å². The van der Waals surface area contributed by atoms with Crippen molar-refractivity contribution in [3.05, 3.63) is 78.8 Å². The molecule has 4 aromatic rings. The molecule has 4 rings (SSSR count). The monoisotopic (exact) mass is 318 g/mol. The van der Waals surface area contributed by atoms with Crippen LogP contribution in [0.1, 0.15) is 5.89 Å². The molecule has 23 heavy (non-hydrogen) atoms. The standard InChI is InChI=1S/C19H14N2OS/c1-2-7-15(8-3-1)17-12-20-18(22-17)13-23-19-11-10-14-6-4-5-9-16(14)21-19/h1-12H,13H2. The van der Waals surface area contributed by atoms with E-state index in [0.717, 1.165) is 27.3 Å². The summed E-state index contributed by atoms with van der Waals surface area (Å²) in [5.41, 5.74) is 2.05. The van der Waals surface area contributed by atoms with Crippen LogP contribution in [0.15, 0.2) is 82.4 Å². The molecule has 2 aromatic carbocycles. The molecular formula is C19H14N2OS. The molecule has 0 saturated carbocycles. The molecule has 2 aromatic heterocycles. The summed E-state index contributed by atoms with van der Waals surface area (Å²) in [6, 6.07) is 22.3. The first-order valence-electron chi connectivity index (χ1n) is 7.37. The van der Waals surface area contributed by atoms with Gasteiger partial charge < -0.3 is 4.42 Å². The van der Waals surface area contributed by atoms with E-state index >= 15 is 0 Å². The molecule has 112 valence electrons. The highest BCUT2D eigenvalue weighted by molar-refractivity contribution is 7.98. The number of hydrogen-bond donors (Lipinski definition) is 0. The molecule has 0 radical (unpaired) electrons. The Kier molecular flexibility index (Phi) is 3.82. The third-order valence-corrected chi connectivity index (χ3v) is 4.44. The molecule has 0 spiro atoms. The van der Waals surface area contributed by atoms with E-state index in [4.69, 9.17) is 4.42 Å². The number of rotatable bonds is 4. The summed E-state index contributed by atoms with van der Waals surface area (Å²) in [6.07, 6.45) is 1.78. The fourth-order valence-electron chi connectivity index (χ4n) is 2.38. The minimum atomic E-state index is 0.665. The summed E-state index contributed by atoms with van der Waals surface area (Å²) in [7, 11) is 0. The minimum Gasteiger partial charge on any atom is -0.440 e.